The first-order chi connectivity index (χ1) is 12.7. The number of aromatic amines is 1. The number of rotatable bonds is 10. The Morgan fingerprint density at radius 2 is 1.96 bits per heavy atom. The largest absolute Gasteiger partial charge is 0.477 e. The number of hydrogen-bond donors (Lipinski definition) is 2. The number of aromatic nitrogens is 2. The van der Waals surface area contributed by atoms with Gasteiger partial charge in [0.2, 0.25) is 5.88 Å². The highest BCUT2D eigenvalue weighted by Gasteiger charge is 2.15. The summed E-state index contributed by atoms with van der Waals surface area (Å²) in [6, 6.07) is 9.48. The maximum Gasteiger partial charge on any atom is 0.407 e. The maximum atomic E-state index is 11.7. The molecule has 0 saturated carbocycles. The van der Waals surface area contributed by atoms with Gasteiger partial charge in [-0.1, -0.05) is 30.3 Å². The van der Waals surface area contributed by atoms with Crippen LogP contribution in [0, 0.1) is 0 Å². The van der Waals surface area contributed by atoms with Crippen molar-refractivity contribution in [1.82, 2.24) is 15.5 Å². The number of benzene rings is 1. The first-order valence-electron chi connectivity index (χ1n) is 8.48. The first kappa shape index (κ1) is 19.3. The van der Waals surface area contributed by atoms with E-state index in [-0.39, 0.29) is 18.8 Å². The third-order valence-electron chi connectivity index (χ3n) is 3.40. The molecular weight excluding hydrogens is 338 g/mol. The number of carbonyl (C=O) groups excluding carboxylic acids is 2. The molecule has 0 aliphatic heterocycles. The third kappa shape index (κ3) is 6.46. The molecule has 1 aromatic heterocycles. The molecule has 0 aliphatic rings. The van der Waals surface area contributed by atoms with E-state index in [0.717, 1.165) is 5.56 Å². The fraction of sp³-hybridized carbons (Fsp3) is 0.389. The Morgan fingerprint density at radius 3 is 2.73 bits per heavy atom. The number of nitrogens with zero attached hydrogens (tertiary/aromatic N) is 1. The van der Waals surface area contributed by atoms with Crippen LogP contribution in [0.5, 0.6) is 5.88 Å². The molecule has 0 aliphatic carbocycles. The molecule has 0 fully saturated rings. The van der Waals surface area contributed by atoms with Gasteiger partial charge in [0, 0.05) is 6.54 Å². The van der Waals surface area contributed by atoms with Crippen molar-refractivity contribution in [1.29, 1.82) is 0 Å². The average molecular weight is 361 g/mol. The van der Waals surface area contributed by atoms with Gasteiger partial charge in [-0.15, -0.1) is 0 Å². The Hall–Kier alpha value is -3.03. The van der Waals surface area contributed by atoms with E-state index in [1.807, 2.05) is 30.3 Å². The van der Waals surface area contributed by atoms with Crippen LogP contribution < -0.4 is 10.1 Å². The molecule has 1 heterocycles. The van der Waals surface area contributed by atoms with Gasteiger partial charge in [0.1, 0.15) is 12.2 Å². The van der Waals surface area contributed by atoms with E-state index in [1.165, 1.54) is 6.20 Å². The standard InChI is InChI=1S/C18H23N3O5/c1-2-24-17(22)15-12-20-21-16(15)25-11-7-6-10-19-18(23)26-13-14-8-4-3-5-9-14/h3-5,8-9,12H,2,6-7,10-11,13H2,1H3,(H,19,23)(H,20,21). The summed E-state index contributed by atoms with van der Waals surface area (Å²) in [5, 5.41) is 9.09. The summed E-state index contributed by atoms with van der Waals surface area (Å²) in [5.74, 6) is -0.183. The molecule has 8 nitrogen and oxygen atoms in total. The van der Waals surface area contributed by atoms with Crippen LogP contribution >= 0.6 is 0 Å². The molecule has 140 valence electrons. The number of hydrogen-bond acceptors (Lipinski definition) is 6. The topological polar surface area (TPSA) is 103 Å². The SMILES string of the molecule is CCOC(=O)c1cn[nH]c1OCCCCNC(=O)OCc1ccccc1. The highest BCUT2D eigenvalue weighted by Crippen LogP contribution is 2.15. The smallest absolute Gasteiger partial charge is 0.407 e. The summed E-state index contributed by atoms with van der Waals surface area (Å²) in [4.78, 5) is 23.3. The number of alkyl carbamates (subject to hydrolysis) is 1. The van der Waals surface area contributed by atoms with Crippen LogP contribution in [-0.2, 0) is 16.1 Å². The molecule has 0 unspecified atom stereocenters. The van der Waals surface area contributed by atoms with Gasteiger partial charge >= 0.3 is 12.1 Å². The van der Waals surface area contributed by atoms with Gasteiger partial charge in [-0.3, -0.25) is 0 Å². The number of ether oxygens (including phenoxy) is 3. The summed E-state index contributed by atoms with van der Waals surface area (Å²) >= 11 is 0. The molecule has 0 bridgehead atoms. The molecule has 0 atom stereocenters. The zero-order valence-corrected chi connectivity index (χ0v) is 14.7. The van der Waals surface area contributed by atoms with Crippen molar-refractivity contribution in [2.24, 2.45) is 0 Å². The maximum absolute atomic E-state index is 11.7. The van der Waals surface area contributed by atoms with Crippen molar-refractivity contribution in [2.45, 2.75) is 26.4 Å². The molecule has 0 saturated heterocycles. The molecule has 0 spiro atoms. The Balaban J connectivity index is 1.56. The molecule has 2 aromatic rings. The summed E-state index contributed by atoms with van der Waals surface area (Å²) in [6.07, 6.45) is 2.33. The van der Waals surface area contributed by atoms with Crippen molar-refractivity contribution in [3.05, 3.63) is 47.7 Å². The molecule has 26 heavy (non-hydrogen) atoms. The van der Waals surface area contributed by atoms with Crippen LogP contribution in [0.25, 0.3) is 0 Å². The Kier molecular flexibility index (Phi) is 7.98. The molecule has 8 heteroatoms. The van der Waals surface area contributed by atoms with E-state index in [1.54, 1.807) is 6.92 Å². The quantitative estimate of drug-likeness (QED) is 0.498. The van der Waals surface area contributed by atoms with Crippen molar-refractivity contribution in [3.63, 3.8) is 0 Å². The molecule has 2 rings (SSSR count). The van der Waals surface area contributed by atoms with Crippen LogP contribution in [-0.4, -0.2) is 42.0 Å². The van der Waals surface area contributed by atoms with Gasteiger partial charge in [-0.05, 0) is 25.3 Å². The van der Waals surface area contributed by atoms with E-state index in [2.05, 4.69) is 15.5 Å². The lowest BCUT2D eigenvalue weighted by Gasteiger charge is -2.08. The zero-order chi connectivity index (χ0) is 18.6. The number of H-pyrrole nitrogens is 1. The van der Waals surface area contributed by atoms with Gasteiger partial charge in [0.15, 0.2) is 0 Å². The average Bonchev–Trinajstić information content (AvgIpc) is 3.12. The Morgan fingerprint density at radius 1 is 1.15 bits per heavy atom. The molecular formula is C18H23N3O5. The van der Waals surface area contributed by atoms with E-state index >= 15 is 0 Å². The van der Waals surface area contributed by atoms with Crippen molar-refractivity contribution >= 4 is 12.1 Å². The van der Waals surface area contributed by atoms with Gasteiger partial charge in [-0.25, -0.2) is 14.7 Å². The van der Waals surface area contributed by atoms with Gasteiger partial charge in [-0.2, -0.15) is 5.10 Å². The lowest BCUT2D eigenvalue weighted by molar-refractivity contribution is 0.0521. The van der Waals surface area contributed by atoms with Gasteiger partial charge < -0.3 is 19.5 Å². The first-order valence-corrected chi connectivity index (χ1v) is 8.48. The fourth-order valence-corrected chi connectivity index (χ4v) is 2.10. The van der Waals surface area contributed by atoms with Crippen molar-refractivity contribution in [2.75, 3.05) is 19.8 Å². The van der Waals surface area contributed by atoms with Gasteiger partial charge in [0.05, 0.1) is 19.4 Å². The predicted octanol–water partition coefficient (Wildman–Crippen LogP) is 2.67. The minimum atomic E-state index is -0.473. The third-order valence-corrected chi connectivity index (χ3v) is 3.40. The van der Waals surface area contributed by atoms with Crippen LogP contribution in [0.2, 0.25) is 0 Å². The van der Waals surface area contributed by atoms with Crippen LogP contribution in [0.3, 0.4) is 0 Å². The predicted molar refractivity (Wildman–Crippen MR) is 93.9 cm³/mol. The fourth-order valence-electron chi connectivity index (χ4n) is 2.10. The summed E-state index contributed by atoms with van der Waals surface area (Å²) in [7, 11) is 0. The van der Waals surface area contributed by atoms with Crippen molar-refractivity contribution < 1.29 is 23.8 Å². The summed E-state index contributed by atoms with van der Waals surface area (Å²) < 4.78 is 15.5. The van der Waals surface area contributed by atoms with Crippen LogP contribution in [0.15, 0.2) is 36.5 Å². The minimum absolute atomic E-state index is 0.242. The minimum Gasteiger partial charge on any atom is -0.477 e. The number of carbonyl (C=O) groups is 2. The normalized spacial score (nSPS) is 10.2. The van der Waals surface area contributed by atoms with Crippen LogP contribution in [0.1, 0.15) is 35.7 Å². The number of nitrogens with one attached hydrogen (secondary N) is 2. The van der Waals surface area contributed by atoms with Crippen LogP contribution in [0.4, 0.5) is 4.79 Å². The lowest BCUT2D eigenvalue weighted by Crippen LogP contribution is -2.25. The molecule has 0 radical (unpaired) electrons. The second-order valence-corrected chi connectivity index (χ2v) is 5.38. The van der Waals surface area contributed by atoms with E-state index in [9.17, 15) is 9.59 Å². The zero-order valence-electron chi connectivity index (χ0n) is 14.7. The number of esters is 1. The monoisotopic (exact) mass is 361 g/mol. The highest BCUT2D eigenvalue weighted by molar-refractivity contribution is 5.91. The highest BCUT2D eigenvalue weighted by atomic mass is 16.5. The lowest BCUT2D eigenvalue weighted by atomic mass is 10.2. The van der Waals surface area contributed by atoms with E-state index in [0.29, 0.717) is 31.9 Å². The second kappa shape index (κ2) is 10.8. The van der Waals surface area contributed by atoms with Crippen molar-refractivity contribution in [3.8, 4) is 5.88 Å². The van der Waals surface area contributed by atoms with Gasteiger partial charge in [0.25, 0.3) is 0 Å². The molecule has 1 amide bonds. The second-order valence-electron chi connectivity index (χ2n) is 5.38. The number of unbranched alkanes of at least 4 members (excludes halogenated alkanes) is 1. The summed E-state index contributed by atoms with van der Waals surface area (Å²) in [6.45, 7) is 3.12. The van der Waals surface area contributed by atoms with E-state index in [4.69, 9.17) is 14.2 Å². The molecule has 2 N–H and O–H groups in total. The Bertz CT molecular complexity index is 687. The number of amides is 1. The molecule has 1 aromatic carbocycles. The Labute approximate surface area is 151 Å². The summed E-state index contributed by atoms with van der Waals surface area (Å²) in [5.41, 5.74) is 1.21. The van der Waals surface area contributed by atoms with E-state index < -0.39 is 12.1 Å².